The van der Waals surface area contributed by atoms with Gasteiger partial charge in [-0.3, -0.25) is 0 Å². The standard InChI is InChI=1S/C35H31NO3/c1-39-29-18-16-26(17-19-29)20-21-35(38,28-12-6-3-7-13-28)34(22-23-34)33(37)31-25-36(24-27-10-4-2-5-11-27)32-15-9-8-14-30(31)32/h2-19,25,33,37-38H,22-24H2,1H3. The largest absolute Gasteiger partial charge is 0.497 e. The first-order valence-corrected chi connectivity index (χ1v) is 13.3. The molecule has 2 atom stereocenters. The third kappa shape index (κ3) is 4.51. The van der Waals surface area contributed by atoms with E-state index in [1.165, 1.54) is 5.56 Å². The number of methoxy groups -OCH3 is 1. The number of nitrogens with zero attached hydrogens (tertiary/aromatic N) is 1. The zero-order chi connectivity index (χ0) is 26.9. The Kier molecular flexibility index (Phi) is 6.48. The minimum Gasteiger partial charge on any atom is -0.497 e. The Morgan fingerprint density at radius 3 is 2.18 bits per heavy atom. The number of benzene rings is 4. The van der Waals surface area contributed by atoms with E-state index in [9.17, 15) is 10.2 Å². The first kappa shape index (κ1) is 25.0. The van der Waals surface area contributed by atoms with Crippen LogP contribution in [-0.4, -0.2) is 21.9 Å². The number of hydrogen-bond acceptors (Lipinski definition) is 3. The summed E-state index contributed by atoms with van der Waals surface area (Å²) in [5.41, 5.74) is 2.14. The Labute approximate surface area is 229 Å². The second-order valence-electron chi connectivity index (χ2n) is 10.3. The van der Waals surface area contributed by atoms with Crippen LogP contribution in [-0.2, 0) is 12.1 Å². The summed E-state index contributed by atoms with van der Waals surface area (Å²) in [6, 6.07) is 35.5. The van der Waals surface area contributed by atoms with E-state index in [1.807, 2.05) is 91.1 Å². The Morgan fingerprint density at radius 1 is 0.872 bits per heavy atom. The molecule has 0 bridgehead atoms. The molecule has 6 rings (SSSR count). The summed E-state index contributed by atoms with van der Waals surface area (Å²) in [4.78, 5) is 0. The fourth-order valence-corrected chi connectivity index (χ4v) is 5.67. The first-order valence-electron chi connectivity index (χ1n) is 13.3. The van der Waals surface area contributed by atoms with Crippen molar-refractivity contribution >= 4 is 10.9 Å². The molecule has 1 aliphatic rings. The van der Waals surface area contributed by atoms with Gasteiger partial charge < -0.3 is 19.5 Å². The lowest BCUT2D eigenvalue weighted by molar-refractivity contribution is -0.0555. The highest BCUT2D eigenvalue weighted by atomic mass is 16.5. The third-order valence-corrected chi connectivity index (χ3v) is 8.01. The normalized spacial score (nSPS) is 16.1. The van der Waals surface area contributed by atoms with Crippen molar-refractivity contribution in [1.82, 2.24) is 4.57 Å². The van der Waals surface area contributed by atoms with Gasteiger partial charge in [-0.25, -0.2) is 0 Å². The van der Waals surface area contributed by atoms with Gasteiger partial charge in [0.05, 0.1) is 13.2 Å². The van der Waals surface area contributed by atoms with Crippen LogP contribution in [0.3, 0.4) is 0 Å². The van der Waals surface area contributed by atoms with Crippen LogP contribution in [0, 0.1) is 17.3 Å². The van der Waals surface area contributed by atoms with Crippen molar-refractivity contribution in [1.29, 1.82) is 0 Å². The number of aromatic nitrogens is 1. The number of aliphatic hydroxyl groups is 2. The molecular weight excluding hydrogens is 482 g/mol. The molecule has 0 spiro atoms. The molecule has 4 nitrogen and oxygen atoms in total. The fourth-order valence-electron chi connectivity index (χ4n) is 5.67. The zero-order valence-electron chi connectivity index (χ0n) is 21.9. The molecule has 1 saturated carbocycles. The van der Waals surface area contributed by atoms with Crippen molar-refractivity contribution < 1.29 is 14.9 Å². The molecule has 0 saturated heterocycles. The summed E-state index contributed by atoms with van der Waals surface area (Å²) in [6.07, 6.45) is 2.46. The summed E-state index contributed by atoms with van der Waals surface area (Å²) < 4.78 is 7.45. The van der Waals surface area contributed by atoms with Crippen LogP contribution in [0.25, 0.3) is 10.9 Å². The summed E-state index contributed by atoms with van der Waals surface area (Å²) in [5, 5.41) is 25.5. The van der Waals surface area contributed by atoms with E-state index in [-0.39, 0.29) is 0 Å². The first-order chi connectivity index (χ1) is 19.0. The van der Waals surface area contributed by atoms with Crippen molar-refractivity contribution in [3.05, 3.63) is 138 Å². The van der Waals surface area contributed by atoms with Crippen molar-refractivity contribution in [3.8, 4) is 17.6 Å². The summed E-state index contributed by atoms with van der Waals surface area (Å²) in [5.74, 6) is 7.15. The second-order valence-corrected chi connectivity index (χ2v) is 10.3. The molecule has 1 aliphatic carbocycles. The van der Waals surface area contributed by atoms with Crippen molar-refractivity contribution in [2.24, 2.45) is 5.41 Å². The molecule has 4 heteroatoms. The topological polar surface area (TPSA) is 54.6 Å². The maximum absolute atomic E-state index is 12.4. The summed E-state index contributed by atoms with van der Waals surface area (Å²) in [7, 11) is 1.63. The minimum atomic E-state index is -1.55. The lowest BCUT2D eigenvalue weighted by Crippen LogP contribution is -2.39. The molecule has 2 unspecified atom stereocenters. The van der Waals surface area contributed by atoms with Gasteiger partial charge in [0, 0.05) is 40.2 Å². The van der Waals surface area contributed by atoms with Gasteiger partial charge in [-0.1, -0.05) is 90.7 Å². The van der Waals surface area contributed by atoms with Crippen LogP contribution in [0.15, 0.2) is 115 Å². The number of aliphatic hydroxyl groups excluding tert-OH is 1. The van der Waals surface area contributed by atoms with Crippen LogP contribution < -0.4 is 4.74 Å². The third-order valence-electron chi connectivity index (χ3n) is 8.01. The number of ether oxygens (including phenoxy) is 1. The van der Waals surface area contributed by atoms with Gasteiger partial charge in [-0.15, -0.1) is 0 Å². The average molecular weight is 514 g/mol. The molecule has 5 aromatic rings. The van der Waals surface area contributed by atoms with Crippen molar-refractivity contribution in [2.45, 2.75) is 31.1 Å². The summed E-state index contributed by atoms with van der Waals surface area (Å²) >= 11 is 0. The molecule has 1 fully saturated rings. The maximum Gasteiger partial charge on any atom is 0.159 e. The lowest BCUT2D eigenvalue weighted by atomic mass is 9.73. The van der Waals surface area contributed by atoms with Gasteiger partial charge in [-0.05, 0) is 54.3 Å². The van der Waals surface area contributed by atoms with Crippen molar-refractivity contribution in [2.75, 3.05) is 7.11 Å². The van der Waals surface area contributed by atoms with E-state index in [2.05, 4.69) is 40.7 Å². The van der Waals surface area contributed by atoms with Crippen LogP contribution in [0.1, 0.15) is 41.2 Å². The van der Waals surface area contributed by atoms with Gasteiger partial charge >= 0.3 is 0 Å². The molecule has 1 aromatic heterocycles. The van der Waals surface area contributed by atoms with E-state index >= 15 is 0 Å². The van der Waals surface area contributed by atoms with Crippen LogP contribution in [0.2, 0.25) is 0 Å². The molecule has 0 amide bonds. The van der Waals surface area contributed by atoms with E-state index in [4.69, 9.17) is 4.74 Å². The lowest BCUT2D eigenvalue weighted by Gasteiger charge is -2.36. The number of rotatable bonds is 7. The van der Waals surface area contributed by atoms with E-state index < -0.39 is 17.1 Å². The van der Waals surface area contributed by atoms with Crippen molar-refractivity contribution in [3.63, 3.8) is 0 Å². The molecular formula is C35H31NO3. The minimum absolute atomic E-state index is 0.662. The highest BCUT2D eigenvalue weighted by Crippen LogP contribution is 2.65. The Hall–Kier alpha value is -4.30. The molecule has 0 radical (unpaired) electrons. The quantitative estimate of drug-likeness (QED) is 0.246. The fraction of sp³-hybridized carbons (Fsp3) is 0.200. The number of fused-ring (bicyclic) bond motifs is 1. The van der Waals surface area contributed by atoms with Gasteiger partial charge in [0.15, 0.2) is 5.60 Å². The van der Waals surface area contributed by atoms with Gasteiger partial charge in [0.2, 0.25) is 0 Å². The monoisotopic (exact) mass is 513 g/mol. The van der Waals surface area contributed by atoms with Gasteiger partial charge in [0.1, 0.15) is 5.75 Å². The van der Waals surface area contributed by atoms with Crippen LogP contribution in [0.5, 0.6) is 5.75 Å². The Balaban J connectivity index is 1.43. The molecule has 194 valence electrons. The second kappa shape index (κ2) is 10.1. The van der Waals surface area contributed by atoms with Gasteiger partial charge in [-0.2, -0.15) is 0 Å². The molecule has 1 heterocycles. The number of para-hydroxylation sites is 1. The SMILES string of the molecule is COc1ccc(C#CC(O)(c2ccccc2)C2(C(O)c3cn(Cc4ccccc4)c4ccccc34)CC2)cc1. The van der Waals surface area contributed by atoms with Crippen LogP contribution in [0.4, 0.5) is 0 Å². The zero-order valence-corrected chi connectivity index (χ0v) is 21.9. The summed E-state index contributed by atoms with van der Waals surface area (Å²) in [6.45, 7) is 0.696. The average Bonchev–Trinajstić information content (AvgIpc) is 3.75. The smallest absolute Gasteiger partial charge is 0.159 e. The maximum atomic E-state index is 12.4. The van der Waals surface area contributed by atoms with Gasteiger partial charge in [0.25, 0.3) is 0 Å². The molecule has 39 heavy (non-hydrogen) atoms. The Morgan fingerprint density at radius 2 is 1.51 bits per heavy atom. The van der Waals surface area contributed by atoms with E-state index in [0.717, 1.165) is 27.8 Å². The predicted molar refractivity (Wildman–Crippen MR) is 154 cm³/mol. The Bertz CT molecular complexity index is 1640. The van der Waals surface area contributed by atoms with Crippen LogP contribution >= 0.6 is 0 Å². The molecule has 2 N–H and O–H groups in total. The predicted octanol–water partition coefficient (Wildman–Crippen LogP) is 6.45. The molecule has 4 aromatic carbocycles. The number of hydrogen-bond donors (Lipinski definition) is 2. The highest BCUT2D eigenvalue weighted by Gasteiger charge is 2.64. The highest BCUT2D eigenvalue weighted by molar-refractivity contribution is 5.84. The van der Waals surface area contributed by atoms with E-state index in [1.54, 1.807) is 7.11 Å². The molecule has 0 aliphatic heterocycles. The van der Waals surface area contributed by atoms with E-state index in [0.29, 0.717) is 24.9 Å².